The molecular formula is C12H8Cl2N4OS. The molecule has 1 N–H and O–H groups in total. The fourth-order valence-electron chi connectivity index (χ4n) is 1.84. The third kappa shape index (κ3) is 2.15. The molecule has 0 saturated heterocycles. The summed E-state index contributed by atoms with van der Waals surface area (Å²) >= 11 is 13.4. The number of aryl methyl sites for hydroxylation is 1. The van der Waals surface area contributed by atoms with Gasteiger partial charge in [-0.05, 0) is 19.1 Å². The van der Waals surface area contributed by atoms with E-state index in [0.29, 0.717) is 32.1 Å². The Morgan fingerprint density at radius 1 is 1.35 bits per heavy atom. The molecule has 102 valence electrons. The summed E-state index contributed by atoms with van der Waals surface area (Å²) in [6, 6.07) is 5.03. The first-order valence-electron chi connectivity index (χ1n) is 5.62. The molecule has 0 aliphatic heterocycles. The number of carbonyl (C=O) groups excluding carboxylic acids is 1. The van der Waals surface area contributed by atoms with Crippen LogP contribution in [0, 0.1) is 6.92 Å². The molecule has 1 amide bonds. The van der Waals surface area contributed by atoms with E-state index in [4.69, 9.17) is 23.2 Å². The summed E-state index contributed by atoms with van der Waals surface area (Å²) < 4.78 is 1.50. The minimum absolute atomic E-state index is 0.351. The first-order valence-corrected chi connectivity index (χ1v) is 7.25. The summed E-state index contributed by atoms with van der Waals surface area (Å²) in [4.78, 5) is 17.3. The molecule has 0 fully saturated rings. The van der Waals surface area contributed by atoms with Gasteiger partial charge in [0.1, 0.15) is 5.51 Å². The van der Waals surface area contributed by atoms with E-state index in [-0.39, 0.29) is 5.91 Å². The molecule has 0 aliphatic carbocycles. The molecule has 2 heterocycles. The number of aromatic nitrogens is 3. The van der Waals surface area contributed by atoms with Gasteiger partial charge in [-0.3, -0.25) is 4.79 Å². The first kappa shape index (κ1) is 13.4. The largest absolute Gasteiger partial charge is 0.318 e. The molecule has 5 nitrogen and oxygen atoms in total. The molecule has 20 heavy (non-hydrogen) atoms. The predicted molar refractivity (Wildman–Crippen MR) is 80.0 cm³/mol. The van der Waals surface area contributed by atoms with Gasteiger partial charge in [-0.25, -0.2) is 4.98 Å². The smallest absolute Gasteiger partial charge is 0.276 e. The number of carbonyl (C=O) groups is 1. The van der Waals surface area contributed by atoms with Gasteiger partial charge in [0.25, 0.3) is 5.91 Å². The van der Waals surface area contributed by atoms with Crippen molar-refractivity contribution >= 4 is 51.1 Å². The van der Waals surface area contributed by atoms with Crippen molar-refractivity contribution < 1.29 is 4.79 Å². The van der Waals surface area contributed by atoms with Crippen molar-refractivity contribution in [2.24, 2.45) is 0 Å². The van der Waals surface area contributed by atoms with E-state index in [1.807, 2.05) is 0 Å². The quantitative estimate of drug-likeness (QED) is 0.781. The van der Waals surface area contributed by atoms with Crippen LogP contribution in [-0.4, -0.2) is 20.5 Å². The molecule has 3 rings (SSSR count). The topological polar surface area (TPSA) is 59.3 Å². The van der Waals surface area contributed by atoms with E-state index in [2.05, 4.69) is 15.4 Å². The van der Waals surface area contributed by atoms with Crippen LogP contribution in [0.3, 0.4) is 0 Å². The summed E-state index contributed by atoms with van der Waals surface area (Å²) in [5, 5.41) is 7.55. The number of nitrogens with one attached hydrogen (secondary N) is 1. The van der Waals surface area contributed by atoms with Gasteiger partial charge in [0.2, 0.25) is 4.96 Å². The van der Waals surface area contributed by atoms with Crippen LogP contribution >= 0.6 is 34.5 Å². The zero-order valence-corrected chi connectivity index (χ0v) is 12.6. The second kappa shape index (κ2) is 5.05. The van der Waals surface area contributed by atoms with Crippen LogP contribution in [0.2, 0.25) is 10.0 Å². The average molecular weight is 327 g/mol. The van der Waals surface area contributed by atoms with Crippen molar-refractivity contribution in [1.82, 2.24) is 14.6 Å². The number of benzene rings is 1. The molecule has 0 saturated carbocycles. The maximum absolute atomic E-state index is 12.4. The van der Waals surface area contributed by atoms with Gasteiger partial charge >= 0.3 is 0 Å². The highest BCUT2D eigenvalue weighted by Crippen LogP contribution is 2.30. The zero-order chi connectivity index (χ0) is 14.3. The van der Waals surface area contributed by atoms with Crippen molar-refractivity contribution in [3.8, 4) is 0 Å². The van der Waals surface area contributed by atoms with Crippen molar-refractivity contribution in [1.29, 1.82) is 0 Å². The maximum Gasteiger partial charge on any atom is 0.276 e. The molecule has 0 unspecified atom stereocenters. The van der Waals surface area contributed by atoms with Gasteiger partial charge in [-0.2, -0.15) is 9.61 Å². The second-order valence-electron chi connectivity index (χ2n) is 4.03. The fraction of sp³-hybridized carbons (Fsp3) is 0.0833. The van der Waals surface area contributed by atoms with Crippen LogP contribution in [0.25, 0.3) is 4.96 Å². The predicted octanol–water partition coefficient (Wildman–Crippen LogP) is 3.66. The number of para-hydroxylation sites is 1. The van der Waals surface area contributed by atoms with E-state index in [1.54, 1.807) is 30.6 Å². The van der Waals surface area contributed by atoms with Crippen LogP contribution in [-0.2, 0) is 0 Å². The number of amides is 1. The Morgan fingerprint density at radius 2 is 2.05 bits per heavy atom. The third-order valence-electron chi connectivity index (χ3n) is 2.74. The van der Waals surface area contributed by atoms with E-state index in [9.17, 15) is 4.79 Å². The van der Waals surface area contributed by atoms with Crippen LogP contribution in [0.4, 0.5) is 5.69 Å². The second-order valence-corrected chi connectivity index (χ2v) is 5.66. The number of hydrogen-bond donors (Lipinski definition) is 1. The lowest BCUT2D eigenvalue weighted by atomic mass is 10.3. The molecule has 0 radical (unpaired) electrons. The summed E-state index contributed by atoms with van der Waals surface area (Å²) in [6.45, 7) is 1.75. The van der Waals surface area contributed by atoms with Crippen molar-refractivity contribution in [3.63, 3.8) is 0 Å². The van der Waals surface area contributed by atoms with Crippen LogP contribution in [0.1, 0.15) is 16.2 Å². The highest BCUT2D eigenvalue weighted by molar-refractivity contribution is 7.14. The number of hydrogen-bond acceptors (Lipinski definition) is 4. The molecule has 1 aromatic carbocycles. The summed E-state index contributed by atoms with van der Waals surface area (Å²) in [5.41, 5.74) is 2.98. The standard InChI is InChI=1S/C12H8Cl2N4OS/c1-6-10(18-12(16-6)20-5-15-18)11(19)17-9-7(13)3-2-4-8(9)14/h2-5H,1H3,(H,17,19). The number of fused-ring (bicyclic) bond motifs is 1. The lowest BCUT2D eigenvalue weighted by Crippen LogP contribution is -2.16. The molecular weight excluding hydrogens is 319 g/mol. The molecule has 2 aromatic heterocycles. The summed E-state index contributed by atoms with van der Waals surface area (Å²) in [5.74, 6) is -0.351. The lowest BCUT2D eigenvalue weighted by molar-refractivity contribution is 0.102. The van der Waals surface area contributed by atoms with Gasteiger partial charge in [0, 0.05) is 0 Å². The molecule has 0 aliphatic rings. The Bertz CT molecular complexity index is 791. The van der Waals surface area contributed by atoms with Crippen molar-refractivity contribution in [3.05, 3.63) is 45.1 Å². The Hall–Kier alpha value is -1.63. The highest BCUT2D eigenvalue weighted by Gasteiger charge is 2.20. The average Bonchev–Trinajstić information content (AvgIpc) is 2.93. The van der Waals surface area contributed by atoms with E-state index < -0.39 is 0 Å². The lowest BCUT2D eigenvalue weighted by Gasteiger charge is -2.08. The first-order chi connectivity index (χ1) is 9.58. The Balaban J connectivity index is 2.01. The minimum atomic E-state index is -0.351. The summed E-state index contributed by atoms with van der Waals surface area (Å²) in [6.07, 6.45) is 0. The normalized spacial score (nSPS) is 10.9. The monoisotopic (exact) mass is 326 g/mol. The van der Waals surface area contributed by atoms with Crippen molar-refractivity contribution in [2.75, 3.05) is 5.32 Å². The van der Waals surface area contributed by atoms with Crippen LogP contribution < -0.4 is 5.32 Å². The highest BCUT2D eigenvalue weighted by atomic mass is 35.5. The third-order valence-corrected chi connectivity index (χ3v) is 4.04. The Kier molecular flexibility index (Phi) is 3.37. The number of imidazole rings is 1. The SMILES string of the molecule is Cc1nc2scnn2c1C(=O)Nc1c(Cl)cccc1Cl. The van der Waals surface area contributed by atoms with Crippen LogP contribution in [0.5, 0.6) is 0 Å². The fourth-order valence-corrected chi connectivity index (χ4v) is 3.00. The minimum Gasteiger partial charge on any atom is -0.318 e. The molecule has 8 heteroatoms. The Morgan fingerprint density at radius 3 is 2.75 bits per heavy atom. The Labute approximate surface area is 128 Å². The molecule has 0 atom stereocenters. The van der Waals surface area contributed by atoms with Gasteiger partial charge in [0.15, 0.2) is 5.69 Å². The summed E-state index contributed by atoms with van der Waals surface area (Å²) in [7, 11) is 0. The van der Waals surface area contributed by atoms with E-state index in [0.717, 1.165) is 0 Å². The molecule has 0 spiro atoms. The zero-order valence-electron chi connectivity index (χ0n) is 10.2. The van der Waals surface area contributed by atoms with Crippen LogP contribution in [0.15, 0.2) is 23.7 Å². The number of nitrogens with zero attached hydrogens (tertiary/aromatic N) is 3. The van der Waals surface area contributed by atoms with Gasteiger partial charge < -0.3 is 5.32 Å². The van der Waals surface area contributed by atoms with Gasteiger partial charge in [-0.1, -0.05) is 40.6 Å². The number of rotatable bonds is 2. The van der Waals surface area contributed by atoms with Gasteiger partial charge in [0.05, 0.1) is 21.4 Å². The number of anilines is 1. The van der Waals surface area contributed by atoms with E-state index in [1.165, 1.54) is 15.9 Å². The maximum atomic E-state index is 12.4. The van der Waals surface area contributed by atoms with E-state index >= 15 is 0 Å². The molecule has 0 bridgehead atoms. The van der Waals surface area contributed by atoms with Gasteiger partial charge in [-0.15, -0.1) is 0 Å². The van der Waals surface area contributed by atoms with Crippen molar-refractivity contribution in [2.45, 2.75) is 6.92 Å². The molecule has 3 aromatic rings. The number of halogens is 2.